The first kappa shape index (κ1) is 19.1. The fraction of sp³-hybridized carbons (Fsp3) is 0.238. The lowest BCUT2D eigenvalue weighted by atomic mass is 10.1. The van der Waals surface area contributed by atoms with Crippen LogP contribution in [0.4, 0.5) is 5.69 Å². The summed E-state index contributed by atoms with van der Waals surface area (Å²) in [6.07, 6.45) is 2.08. The first-order valence-electron chi connectivity index (χ1n) is 8.34. The van der Waals surface area contributed by atoms with Gasteiger partial charge in [-0.15, -0.1) is 0 Å². The van der Waals surface area contributed by atoms with Gasteiger partial charge in [-0.2, -0.15) is 5.26 Å². The highest BCUT2D eigenvalue weighted by molar-refractivity contribution is 5.97. The van der Waals surface area contributed by atoms with Crippen molar-refractivity contribution in [2.45, 2.75) is 6.42 Å². The molecule has 0 aromatic heterocycles. The SMILES string of the molecule is CN(C)c1ccc(/C=C(/C#N)C(=O)OCCCOc2ccccc2)cc1. The van der Waals surface area contributed by atoms with E-state index < -0.39 is 5.97 Å². The Kier molecular flexibility index (Phi) is 7.26. The molecule has 2 aromatic rings. The number of hydrogen-bond donors (Lipinski definition) is 0. The van der Waals surface area contributed by atoms with Crippen LogP contribution in [-0.2, 0) is 9.53 Å². The fourth-order valence-corrected chi connectivity index (χ4v) is 2.18. The molecule has 0 N–H and O–H groups in total. The Labute approximate surface area is 154 Å². The first-order chi connectivity index (χ1) is 12.6. The highest BCUT2D eigenvalue weighted by Gasteiger charge is 2.10. The maximum Gasteiger partial charge on any atom is 0.348 e. The molecule has 5 nitrogen and oxygen atoms in total. The number of anilines is 1. The van der Waals surface area contributed by atoms with Gasteiger partial charge in [0.05, 0.1) is 13.2 Å². The van der Waals surface area contributed by atoms with Gasteiger partial charge >= 0.3 is 5.97 Å². The van der Waals surface area contributed by atoms with Gasteiger partial charge in [0.15, 0.2) is 0 Å². The van der Waals surface area contributed by atoms with Crippen molar-refractivity contribution < 1.29 is 14.3 Å². The maximum absolute atomic E-state index is 12.0. The van der Waals surface area contributed by atoms with Crippen molar-refractivity contribution in [1.29, 1.82) is 5.26 Å². The summed E-state index contributed by atoms with van der Waals surface area (Å²) in [6.45, 7) is 0.638. The normalized spacial score (nSPS) is 10.7. The molecule has 0 radical (unpaired) electrons. The number of carbonyl (C=O) groups is 1. The summed E-state index contributed by atoms with van der Waals surface area (Å²) in [7, 11) is 3.90. The van der Waals surface area contributed by atoms with Crippen LogP contribution in [0, 0.1) is 11.3 Å². The molecular formula is C21H22N2O3. The van der Waals surface area contributed by atoms with Crippen molar-refractivity contribution in [2.24, 2.45) is 0 Å². The van der Waals surface area contributed by atoms with Crippen LogP contribution in [0.3, 0.4) is 0 Å². The van der Waals surface area contributed by atoms with Gasteiger partial charge in [-0.05, 0) is 35.9 Å². The number of benzene rings is 2. The van der Waals surface area contributed by atoms with E-state index in [1.165, 1.54) is 6.08 Å². The molecular weight excluding hydrogens is 328 g/mol. The highest BCUT2D eigenvalue weighted by atomic mass is 16.5. The van der Waals surface area contributed by atoms with E-state index >= 15 is 0 Å². The van der Waals surface area contributed by atoms with Gasteiger partial charge < -0.3 is 14.4 Å². The Morgan fingerprint density at radius 1 is 1.08 bits per heavy atom. The first-order valence-corrected chi connectivity index (χ1v) is 8.34. The minimum absolute atomic E-state index is 0.0217. The molecule has 0 spiro atoms. The summed E-state index contributed by atoms with van der Waals surface area (Å²) in [5.74, 6) is 0.154. The van der Waals surface area contributed by atoms with Crippen LogP contribution >= 0.6 is 0 Å². The van der Waals surface area contributed by atoms with Crippen LogP contribution in [0.2, 0.25) is 0 Å². The molecule has 0 atom stereocenters. The molecule has 0 amide bonds. The van der Waals surface area contributed by atoms with E-state index in [1.54, 1.807) is 0 Å². The number of nitrogens with zero attached hydrogens (tertiary/aromatic N) is 2. The summed E-state index contributed by atoms with van der Waals surface area (Å²) < 4.78 is 10.7. The van der Waals surface area contributed by atoms with Gasteiger partial charge in [-0.1, -0.05) is 30.3 Å². The zero-order valence-electron chi connectivity index (χ0n) is 15.0. The molecule has 0 aliphatic heterocycles. The third kappa shape index (κ3) is 5.99. The minimum Gasteiger partial charge on any atom is -0.493 e. The summed E-state index contributed by atoms with van der Waals surface area (Å²) in [5, 5.41) is 9.20. The average Bonchev–Trinajstić information content (AvgIpc) is 2.66. The second-order valence-electron chi connectivity index (χ2n) is 5.81. The van der Waals surface area contributed by atoms with Crippen molar-refractivity contribution in [1.82, 2.24) is 0 Å². The quantitative estimate of drug-likeness (QED) is 0.315. The lowest BCUT2D eigenvalue weighted by Gasteiger charge is -2.11. The number of rotatable bonds is 8. The minimum atomic E-state index is -0.621. The lowest BCUT2D eigenvalue weighted by molar-refractivity contribution is -0.138. The average molecular weight is 350 g/mol. The number of hydrogen-bond acceptors (Lipinski definition) is 5. The van der Waals surface area contributed by atoms with E-state index in [4.69, 9.17) is 9.47 Å². The lowest BCUT2D eigenvalue weighted by Crippen LogP contribution is -2.10. The number of ether oxygens (including phenoxy) is 2. The highest BCUT2D eigenvalue weighted by Crippen LogP contribution is 2.15. The number of nitriles is 1. The van der Waals surface area contributed by atoms with Crippen LogP contribution in [0.15, 0.2) is 60.2 Å². The Morgan fingerprint density at radius 3 is 2.38 bits per heavy atom. The standard InChI is InChI=1S/C21H22N2O3/c1-23(2)19-11-9-17(10-12-19)15-18(16-22)21(24)26-14-6-13-25-20-7-4-3-5-8-20/h3-5,7-12,15H,6,13-14H2,1-2H3/b18-15-. The predicted octanol–water partition coefficient (Wildman–Crippen LogP) is 3.67. The third-order valence-electron chi connectivity index (χ3n) is 3.59. The summed E-state index contributed by atoms with van der Waals surface area (Å²) in [6, 6.07) is 18.9. The summed E-state index contributed by atoms with van der Waals surface area (Å²) in [4.78, 5) is 14.0. The van der Waals surface area contributed by atoms with E-state index in [2.05, 4.69) is 0 Å². The van der Waals surface area contributed by atoms with E-state index in [-0.39, 0.29) is 12.2 Å². The van der Waals surface area contributed by atoms with Crippen molar-refractivity contribution in [3.05, 3.63) is 65.7 Å². The molecule has 134 valence electrons. The van der Waals surface area contributed by atoms with E-state index in [1.807, 2.05) is 79.7 Å². The molecule has 0 bridgehead atoms. The third-order valence-corrected chi connectivity index (χ3v) is 3.59. The number of esters is 1. The molecule has 0 aliphatic rings. The van der Waals surface area contributed by atoms with E-state index in [0.29, 0.717) is 13.0 Å². The van der Waals surface area contributed by atoms with E-state index in [9.17, 15) is 10.1 Å². The van der Waals surface area contributed by atoms with Crippen molar-refractivity contribution in [3.63, 3.8) is 0 Å². The molecule has 0 heterocycles. The van der Waals surface area contributed by atoms with Crippen molar-refractivity contribution in [3.8, 4) is 11.8 Å². The van der Waals surface area contributed by atoms with E-state index in [0.717, 1.165) is 17.0 Å². The molecule has 5 heteroatoms. The zero-order valence-corrected chi connectivity index (χ0v) is 15.0. The number of para-hydroxylation sites is 1. The van der Waals surface area contributed by atoms with Crippen LogP contribution < -0.4 is 9.64 Å². The molecule has 2 rings (SSSR count). The van der Waals surface area contributed by atoms with Crippen LogP contribution in [0.1, 0.15) is 12.0 Å². The Balaban J connectivity index is 1.81. The van der Waals surface area contributed by atoms with Gasteiger partial charge in [0.1, 0.15) is 17.4 Å². The van der Waals surface area contributed by atoms with Gasteiger partial charge in [-0.3, -0.25) is 0 Å². The molecule has 0 unspecified atom stereocenters. The Morgan fingerprint density at radius 2 is 1.77 bits per heavy atom. The summed E-state index contributed by atoms with van der Waals surface area (Å²) >= 11 is 0. The molecule has 0 fully saturated rings. The summed E-state index contributed by atoms with van der Waals surface area (Å²) in [5.41, 5.74) is 1.80. The van der Waals surface area contributed by atoms with Gasteiger partial charge in [0, 0.05) is 26.2 Å². The second-order valence-corrected chi connectivity index (χ2v) is 5.81. The van der Waals surface area contributed by atoms with Gasteiger partial charge in [0.25, 0.3) is 0 Å². The van der Waals surface area contributed by atoms with Crippen LogP contribution in [0.5, 0.6) is 5.75 Å². The van der Waals surface area contributed by atoms with Crippen molar-refractivity contribution >= 4 is 17.7 Å². The topological polar surface area (TPSA) is 62.6 Å². The van der Waals surface area contributed by atoms with Crippen LogP contribution in [0.25, 0.3) is 6.08 Å². The fourth-order valence-electron chi connectivity index (χ4n) is 2.18. The molecule has 2 aromatic carbocycles. The van der Waals surface area contributed by atoms with Gasteiger partial charge in [0.2, 0.25) is 0 Å². The second kappa shape index (κ2) is 9.90. The monoisotopic (exact) mass is 350 g/mol. The predicted molar refractivity (Wildman–Crippen MR) is 102 cm³/mol. The molecule has 0 saturated heterocycles. The smallest absolute Gasteiger partial charge is 0.348 e. The maximum atomic E-state index is 12.0. The molecule has 0 aliphatic carbocycles. The molecule has 0 saturated carbocycles. The number of carbonyl (C=O) groups excluding carboxylic acids is 1. The Hall–Kier alpha value is -3.26. The van der Waals surface area contributed by atoms with Gasteiger partial charge in [-0.25, -0.2) is 4.79 Å². The molecule has 26 heavy (non-hydrogen) atoms. The Bertz CT molecular complexity index is 775. The van der Waals surface area contributed by atoms with Crippen molar-refractivity contribution in [2.75, 3.05) is 32.2 Å². The largest absolute Gasteiger partial charge is 0.493 e. The van der Waals surface area contributed by atoms with Crippen LogP contribution in [-0.4, -0.2) is 33.3 Å². The zero-order chi connectivity index (χ0) is 18.8.